The van der Waals surface area contributed by atoms with E-state index in [1.54, 1.807) is 6.92 Å². The van der Waals surface area contributed by atoms with Gasteiger partial charge in [0.2, 0.25) is 0 Å². The SMILES string of the molecule is CCOc1ccc(NC(=O)COC(=O)CNC(=O)c2ccc(OC)c(OC)c2)c([N+](=O)[O-])c1. The van der Waals surface area contributed by atoms with Crippen LogP contribution in [-0.2, 0) is 14.3 Å². The van der Waals surface area contributed by atoms with E-state index in [1.807, 2.05) is 0 Å². The number of nitrogens with zero attached hydrogens (tertiary/aromatic N) is 1. The number of benzene rings is 2. The van der Waals surface area contributed by atoms with E-state index in [4.69, 9.17) is 18.9 Å². The zero-order valence-electron chi connectivity index (χ0n) is 18.2. The van der Waals surface area contributed by atoms with Crippen molar-refractivity contribution in [2.24, 2.45) is 0 Å². The van der Waals surface area contributed by atoms with Gasteiger partial charge in [-0.25, -0.2) is 0 Å². The summed E-state index contributed by atoms with van der Waals surface area (Å²) in [6, 6.07) is 8.41. The number of nitrogens with one attached hydrogen (secondary N) is 2. The molecule has 0 fully saturated rings. The van der Waals surface area contributed by atoms with Crippen molar-refractivity contribution in [3.8, 4) is 17.2 Å². The normalized spacial score (nSPS) is 10.0. The van der Waals surface area contributed by atoms with Crippen LogP contribution in [0, 0.1) is 10.1 Å². The number of rotatable bonds is 11. The van der Waals surface area contributed by atoms with Crippen molar-refractivity contribution in [1.29, 1.82) is 0 Å². The Morgan fingerprint density at radius 2 is 1.76 bits per heavy atom. The number of methoxy groups -OCH3 is 2. The Bertz CT molecular complexity index is 1040. The Balaban J connectivity index is 1.87. The number of nitro benzene ring substituents is 1. The Labute approximate surface area is 188 Å². The third-order valence-electron chi connectivity index (χ3n) is 4.15. The summed E-state index contributed by atoms with van der Waals surface area (Å²) in [7, 11) is 2.88. The van der Waals surface area contributed by atoms with E-state index >= 15 is 0 Å². The molecule has 0 spiro atoms. The summed E-state index contributed by atoms with van der Waals surface area (Å²) in [4.78, 5) is 46.7. The molecular weight excluding hydrogens is 438 g/mol. The van der Waals surface area contributed by atoms with E-state index in [9.17, 15) is 24.5 Å². The van der Waals surface area contributed by atoms with E-state index < -0.39 is 35.9 Å². The smallest absolute Gasteiger partial charge is 0.325 e. The van der Waals surface area contributed by atoms with Crippen molar-refractivity contribution < 1.29 is 38.3 Å². The van der Waals surface area contributed by atoms with Crippen molar-refractivity contribution in [1.82, 2.24) is 5.32 Å². The molecule has 2 aromatic rings. The third-order valence-corrected chi connectivity index (χ3v) is 4.15. The summed E-state index contributed by atoms with van der Waals surface area (Å²) in [5.74, 6) is -1.18. The maximum atomic E-state index is 12.2. The molecule has 2 amide bonds. The highest BCUT2D eigenvalue weighted by Crippen LogP contribution is 2.29. The molecule has 0 aliphatic carbocycles. The van der Waals surface area contributed by atoms with E-state index in [2.05, 4.69) is 10.6 Å². The van der Waals surface area contributed by atoms with Gasteiger partial charge < -0.3 is 29.6 Å². The third kappa shape index (κ3) is 7.09. The molecule has 0 aliphatic rings. The van der Waals surface area contributed by atoms with Crippen LogP contribution >= 0.6 is 0 Å². The molecule has 2 N–H and O–H groups in total. The quantitative estimate of drug-likeness (QED) is 0.290. The molecule has 0 radical (unpaired) electrons. The second-order valence-corrected chi connectivity index (χ2v) is 6.33. The molecule has 12 heteroatoms. The van der Waals surface area contributed by atoms with Crippen LogP contribution in [-0.4, -0.2) is 56.7 Å². The van der Waals surface area contributed by atoms with Gasteiger partial charge >= 0.3 is 5.97 Å². The lowest BCUT2D eigenvalue weighted by molar-refractivity contribution is -0.384. The van der Waals surface area contributed by atoms with Crippen molar-refractivity contribution in [2.45, 2.75) is 6.92 Å². The van der Waals surface area contributed by atoms with Crippen molar-refractivity contribution in [3.63, 3.8) is 0 Å². The van der Waals surface area contributed by atoms with Crippen LogP contribution in [0.3, 0.4) is 0 Å². The Morgan fingerprint density at radius 1 is 1.03 bits per heavy atom. The molecule has 33 heavy (non-hydrogen) atoms. The fraction of sp³-hybridized carbons (Fsp3) is 0.286. The minimum Gasteiger partial charge on any atom is -0.494 e. The van der Waals surface area contributed by atoms with Crippen LogP contribution in [0.4, 0.5) is 11.4 Å². The van der Waals surface area contributed by atoms with Gasteiger partial charge in [-0.15, -0.1) is 0 Å². The van der Waals surface area contributed by atoms with Crippen molar-refractivity contribution in [2.75, 3.05) is 39.3 Å². The number of ether oxygens (including phenoxy) is 4. The van der Waals surface area contributed by atoms with Crippen LogP contribution in [0.15, 0.2) is 36.4 Å². The number of hydrogen-bond donors (Lipinski definition) is 2. The number of carbonyl (C=O) groups is 3. The maximum Gasteiger partial charge on any atom is 0.325 e. The highest BCUT2D eigenvalue weighted by molar-refractivity contribution is 5.97. The second-order valence-electron chi connectivity index (χ2n) is 6.33. The first-order chi connectivity index (χ1) is 15.8. The lowest BCUT2D eigenvalue weighted by Gasteiger charge is -2.10. The molecule has 0 bridgehead atoms. The zero-order chi connectivity index (χ0) is 24.4. The number of carbonyl (C=O) groups excluding carboxylic acids is 3. The molecule has 0 aromatic heterocycles. The lowest BCUT2D eigenvalue weighted by atomic mass is 10.2. The van der Waals surface area contributed by atoms with Crippen LogP contribution in [0.2, 0.25) is 0 Å². The fourth-order valence-electron chi connectivity index (χ4n) is 2.64. The van der Waals surface area contributed by atoms with Gasteiger partial charge in [0.05, 0.1) is 31.8 Å². The molecule has 0 unspecified atom stereocenters. The van der Waals surface area contributed by atoms with Gasteiger partial charge in [0.25, 0.3) is 17.5 Å². The van der Waals surface area contributed by atoms with E-state index in [-0.39, 0.29) is 22.7 Å². The zero-order valence-corrected chi connectivity index (χ0v) is 18.2. The summed E-state index contributed by atoms with van der Waals surface area (Å²) < 4.78 is 20.2. The van der Waals surface area contributed by atoms with Gasteiger partial charge in [0.1, 0.15) is 18.0 Å². The Morgan fingerprint density at radius 3 is 2.39 bits per heavy atom. The first-order valence-corrected chi connectivity index (χ1v) is 9.66. The average Bonchev–Trinajstić information content (AvgIpc) is 2.81. The Kier molecular flexibility index (Phi) is 8.97. The Hall–Kier alpha value is -4.35. The predicted octanol–water partition coefficient (Wildman–Crippen LogP) is 1.92. The molecule has 0 saturated carbocycles. The molecule has 0 saturated heterocycles. The van der Waals surface area contributed by atoms with Crippen LogP contribution in [0.25, 0.3) is 0 Å². The summed E-state index contributed by atoms with van der Waals surface area (Å²) in [5, 5.41) is 15.9. The summed E-state index contributed by atoms with van der Waals surface area (Å²) in [6.07, 6.45) is 0. The van der Waals surface area contributed by atoms with Gasteiger partial charge in [-0.1, -0.05) is 0 Å². The predicted molar refractivity (Wildman–Crippen MR) is 116 cm³/mol. The van der Waals surface area contributed by atoms with Crippen molar-refractivity contribution in [3.05, 3.63) is 52.1 Å². The first kappa shape index (κ1) is 24.9. The minimum absolute atomic E-state index is 0.0775. The lowest BCUT2D eigenvalue weighted by Crippen LogP contribution is -2.32. The maximum absolute atomic E-state index is 12.2. The van der Waals surface area contributed by atoms with Gasteiger partial charge in [-0.2, -0.15) is 0 Å². The fourth-order valence-corrected chi connectivity index (χ4v) is 2.64. The van der Waals surface area contributed by atoms with Crippen molar-refractivity contribution >= 4 is 29.2 Å². The first-order valence-electron chi connectivity index (χ1n) is 9.66. The summed E-state index contributed by atoms with van der Waals surface area (Å²) >= 11 is 0. The monoisotopic (exact) mass is 461 g/mol. The standard InChI is InChI=1S/C21H23N3O9/c1-4-32-14-6-7-15(16(10-14)24(28)29)23-19(25)12-33-20(26)11-22-21(27)13-5-8-17(30-2)18(9-13)31-3/h5-10H,4,11-12H2,1-3H3,(H,22,27)(H,23,25). The molecule has 0 heterocycles. The van der Waals surface area contributed by atoms with E-state index in [0.717, 1.165) is 0 Å². The molecular formula is C21H23N3O9. The largest absolute Gasteiger partial charge is 0.494 e. The minimum atomic E-state index is -0.875. The van der Waals surface area contributed by atoms with Crippen LogP contribution in [0.1, 0.15) is 17.3 Å². The molecule has 176 valence electrons. The summed E-state index contributed by atoms with van der Waals surface area (Å²) in [5.41, 5.74) is -0.227. The highest BCUT2D eigenvalue weighted by atomic mass is 16.6. The number of amides is 2. The molecule has 12 nitrogen and oxygen atoms in total. The van der Waals surface area contributed by atoms with Gasteiger partial charge in [-0.05, 0) is 37.3 Å². The van der Waals surface area contributed by atoms with Crippen LogP contribution < -0.4 is 24.8 Å². The number of esters is 1. The average molecular weight is 461 g/mol. The topological polar surface area (TPSA) is 155 Å². The second kappa shape index (κ2) is 11.9. The molecule has 0 atom stereocenters. The van der Waals surface area contributed by atoms with E-state index in [0.29, 0.717) is 18.1 Å². The van der Waals surface area contributed by atoms with Gasteiger partial charge in [0.15, 0.2) is 18.1 Å². The summed E-state index contributed by atoms with van der Waals surface area (Å²) in [6.45, 7) is 0.854. The molecule has 0 aliphatic heterocycles. The number of nitro groups is 1. The number of anilines is 1. The molecule has 2 aromatic carbocycles. The molecule has 2 rings (SSSR count). The van der Waals surface area contributed by atoms with Crippen LogP contribution in [0.5, 0.6) is 17.2 Å². The number of hydrogen-bond acceptors (Lipinski definition) is 9. The van der Waals surface area contributed by atoms with Gasteiger partial charge in [-0.3, -0.25) is 24.5 Å². The highest BCUT2D eigenvalue weighted by Gasteiger charge is 2.18. The van der Waals surface area contributed by atoms with E-state index in [1.165, 1.54) is 50.6 Å². The van der Waals surface area contributed by atoms with Gasteiger partial charge in [0, 0.05) is 5.56 Å².